The standard InChI is InChI=1S/C11H20N4O2S/c1-9-8-12-13-11(9)10-6-4-5-7-15(10)18(16,17)14(2)3/h8,10H,4-7H2,1-3H3,(H,12,13)/t10-/m1/s1. The minimum Gasteiger partial charge on any atom is -0.281 e. The second-order valence-corrected chi connectivity index (χ2v) is 6.97. The molecule has 1 fully saturated rings. The van der Waals surface area contributed by atoms with E-state index in [0.29, 0.717) is 6.54 Å². The molecule has 1 aromatic heterocycles. The maximum atomic E-state index is 12.3. The van der Waals surface area contributed by atoms with Gasteiger partial charge in [0.05, 0.1) is 17.9 Å². The summed E-state index contributed by atoms with van der Waals surface area (Å²) in [6.45, 7) is 2.53. The van der Waals surface area contributed by atoms with Gasteiger partial charge in [-0.2, -0.15) is 22.1 Å². The van der Waals surface area contributed by atoms with E-state index in [2.05, 4.69) is 10.2 Å². The molecule has 0 aromatic carbocycles. The smallest absolute Gasteiger partial charge is 0.281 e. The first-order chi connectivity index (χ1) is 8.44. The maximum absolute atomic E-state index is 12.3. The average molecular weight is 272 g/mol. The lowest BCUT2D eigenvalue weighted by molar-refractivity contribution is 0.238. The first kappa shape index (κ1) is 13.5. The third-order valence-corrected chi connectivity index (χ3v) is 5.37. The highest BCUT2D eigenvalue weighted by Gasteiger charge is 2.35. The SMILES string of the molecule is Cc1cn[nH]c1[C@H]1CCCCN1S(=O)(=O)N(C)C. The van der Waals surface area contributed by atoms with Crippen molar-refractivity contribution in [2.75, 3.05) is 20.6 Å². The molecule has 0 bridgehead atoms. The molecule has 0 spiro atoms. The van der Waals surface area contributed by atoms with E-state index in [-0.39, 0.29) is 6.04 Å². The fourth-order valence-corrected chi connectivity index (χ4v) is 3.68. The third kappa shape index (κ3) is 2.30. The van der Waals surface area contributed by atoms with Crippen molar-refractivity contribution >= 4 is 10.2 Å². The number of aromatic nitrogens is 2. The van der Waals surface area contributed by atoms with E-state index in [9.17, 15) is 8.42 Å². The molecule has 2 rings (SSSR count). The number of aromatic amines is 1. The van der Waals surface area contributed by atoms with Gasteiger partial charge in [0.2, 0.25) is 0 Å². The van der Waals surface area contributed by atoms with Crippen molar-refractivity contribution in [3.8, 4) is 0 Å². The fourth-order valence-electron chi connectivity index (χ4n) is 2.37. The van der Waals surface area contributed by atoms with Crippen LogP contribution in [0.25, 0.3) is 0 Å². The van der Waals surface area contributed by atoms with Gasteiger partial charge in [-0.1, -0.05) is 6.42 Å². The molecule has 2 heterocycles. The highest BCUT2D eigenvalue weighted by atomic mass is 32.2. The molecule has 1 N–H and O–H groups in total. The summed E-state index contributed by atoms with van der Waals surface area (Å²) in [4.78, 5) is 0. The van der Waals surface area contributed by atoms with Crippen LogP contribution in [0.5, 0.6) is 0 Å². The van der Waals surface area contributed by atoms with Crippen molar-refractivity contribution in [2.24, 2.45) is 0 Å². The number of aryl methyl sites for hydroxylation is 1. The molecule has 0 saturated carbocycles. The van der Waals surface area contributed by atoms with Crippen LogP contribution in [-0.4, -0.2) is 47.9 Å². The molecule has 6 nitrogen and oxygen atoms in total. The van der Waals surface area contributed by atoms with E-state index in [1.54, 1.807) is 24.6 Å². The number of H-pyrrole nitrogens is 1. The highest BCUT2D eigenvalue weighted by molar-refractivity contribution is 7.86. The summed E-state index contributed by atoms with van der Waals surface area (Å²) >= 11 is 0. The van der Waals surface area contributed by atoms with Gasteiger partial charge in [0.1, 0.15) is 0 Å². The Bertz CT molecular complexity index is 509. The van der Waals surface area contributed by atoms with Crippen LogP contribution in [0.1, 0.15) is 36.6 Å². The normalized spacial score (nSPS) is 22.6. The third-order valence-electron chi connectivity index (χ3n) is 3.41. The van der Waals surface area contributed by atoms with Crippen molar-refractivity contribution in [1.82, 2.24) is 18.8 Å². The molecule has 1 aromatic rings. The van der Waals surface area contributed by atoms with Crippen molar-refractivity contribution < 1.29 is 8.42 Å². The van der Waals surface area contributed by atoms with Crippen LogP contribution in [0.15, 0.2) is 6.20 Å². The van der Waals surface area contributed by atoms with Crippen molar-refractivity contribution in [1.29, 1.82) is 0 Å². The number of nitrogens with one attached hydrogen (secondary N) is 1. The second kappa shape index (κ2) is 4.99. The zero-order valence-electron chi connectivity index (χ0n) is 11.0. The summed E-state index contributed by atoms with van der Waals surface area (Å²) in [5.74, 6) is 0. The van der Waals surface area contributed by atoms with E-state index in [1.807, 2.05) is 6.92 Å². The molecular formula is C11H20N4O2S. The van der Waals surface area contributed by atoms with Crippen molar-refractivity contribution in [3.63, 3.8) is 0 Å². The van der Waals surface area contributed by atoms with Gasteiger partial charge in [0.15, 0.2) is 0 Å². The van der Waals surface area contributed by atoms with Crippen LogP contribution in [0.2, 0.25) is 0 Å². The second-order valence-electron chi connectivity index (χ2n) is 4.88. The first-order valence-electron chi connectivity index (χ1n) is 6.13. The van der Waals surface area contributed by atoms with Gasteiger partial charge in [-0.25, -0.2) is 0 Å². The molecule has 0 aliphatic carbocycles. The molecule has 1 aliphatic rings. The molecule has 102 valence electrons. The minimum absolute atomic E-state index is 0.117. The number of hydrogen-bond acceptors (Lipinski definition) is 3. The zero-order chi connectivity index (χ0) is 13.3. The largest absolute Gasteiger partial charge is 0.282 e. The Kier molecular flexibility index (Phi) is 3.74. The summed E-state index contributed by atoms with van der Waals surface area (Å²) in [5, 5.41) is 6.94. The van der Waals surface area contributed by atoms with Gasteiger partial charge in [-0.15, -0.1) is 0 Å². The number of hydrogen-bond donors (Lipinski definition) is 1. The Hall–Kier alpha value is -0.920. The Morgan fingerprint density at radius 1 is 1.44 bits per heavy atom. The van der Waals surface area contributed by atoms with Crippen LogP contribution in [0, 0.1) is 6.92 Å². The molecule has 0 radical (unpaired) electrons. The van der Waals surface area contributed by atoms with Gasteiger partial charge < -0.3 is 0 Å². The lowest BCUT2D eigenvalue weighted by Crippen LogP contribution is -2.44. The summed E-state index contributed by atoms with van der Waals surface area (Å²) in [7, 11) is -0.233. The number of piperidine rings is 1. The van der Waals surface area contributed by atoms with E-state index < -0.39 is 10.2 Å². The summed E-state index contributed by atoms with van der Waals surface area (Å²) in [6, 6.07) is -0.117. The molecule has 0 unspecified atom stereocenters. The topological polar surface area (TPSA) is 69.3 Å². The van der Waals surface area contributed by atoms with Gasteiger partial charge in [0.25, 0.3) is 10.2 Å². The van der Waals surface area contributed by atoms with Crippen molar-refractivity contribution in [2.45, 2.75) is 32.2 Å². The Morgan fingerprint density at radius 2 is 2.17 bits per heavy atom. The molecular weight excluding hydrogens is 252 g/mol. The monoisotopic (exact) mass is 272 g/mol. The Morgan fingerprint density at radius 3 is 2.72 bits per heavy atom. The quantitative estimate of drug-likeness (QED) is 0.894. The molecule has 0 amide bonds. The lowest BCUT2D eigenvalue weighted by Gasteiger charge is -2.35. The summed E-state index contributed by atoms with van der Waals surface area (Å²) in [6.07, 6.45) is 4.54. The molecule has 1 atom stereocenters. The molecule has 1 aliphatic heterocycles. The minimum atomic E-state index is -3.37. The lowest BCUT2D eigenvalue weighted by atomic mass is 10.00. The van der Waals surface area contributed by atoms with Gasteiger partial charge in [0, 0.05) is 20.6 Å². The van der Waals surface area contributed by atoms with Crippen LogP contribution < -0.4 is 0 Å². The Balaban J connectivity index is 2.36. The highest BCUT2D eigenvalue weighted by Crippen LogP contribution is 2.33. The first-order valence-corrected chi connectivity index (χ1v) is 7.53. The summed E-state index contributed by atoms with van der Waals surface area (Å²) < 4.78 is 27.5. The van der Waals surface area contributed by atoms with Gasteiger partial charge in [-0.05, 0) is 25.3 Å². The van der Waals surface area contributed by atoms with Gasteiger partial charge >= 0.3 is 0 Å². The average Bonchev–Trinajstić information content (AvgIpc) is 2.75. The van der Waals surface area contributed by atoms with Crippen LogP contribution in [-0.2, 0) is 10.2 Å². The number of rotatable bonds is 3. The number of nitrogens with zero attached hydrogens (tertiary/aromatic N) is 3. The zero-order valence-corrected chi connectivity index (χ0v) is 11.9. The molecule has 7 heteroatoms. The van der Waals surface area contributed by atoms with E-state index in [4.69, 9.17) is 0 Å². The van der Waals surface area contributed by atoms with E-state index in [0.717, 1.165) is 30.5 Å². The van der Waals surface area contributed by atoms with Crippen LogP contribution in [0.3, 0.4) is 0 Å². The fraction of sp³-hybridized carbons (Fsp3) is 0.727. The van der Waals surface area contributed by atoms with E-state index in [1.165, 1.54) is 4.31 Å². The Labute approximate surface area is 108 Å². The van der Waals surface area contributed by atoms with Crippen LogP contribution >= 0.6 is 0 Å². The maximum Gasteiger partial charge on any atom is 0.282 e. The summed E-state index contributed by atoms with van der Waals surface area (Å²) in [5.41, 5.74) is 1.93. The molecule has 18 heavy (non-hydrogen) atoms. The van der Waals surface area contributed by atoms with Gasteiger partial charge in [-0.3, -0.25) is 5.10 Å². The predicted octanol–water partition coefficient (Wildman–Crippen LogP) is 1.05. The molecule has 1 saturated heterocycles. The van der Waals surface area contributed by atoms with Crippen LogP contribution in [0.4, 0.5) is 0 Å². The van der Waals surface area contributed by atoms with Crippen molar-refractivity contribution in [3.05, 3.63) is 17.5 Å². The van der Waals surface area contributed by atoms with E-state index >= 15 is 0 Å². The predicted molar refractivity (Wildman–Crippen MR) is 69.2 cm³/mol.